The number of nitrogens with zero attached hydrogens (tertiary/aromatic N) is 6. The Labute approximate surface area is 167 Å². The highest BCUT2D eigenvalue weighted by Gasteiger charge is 2.14. The van der Waals surface area contributed by atoms with Gasteiger partial charge in [-0.3, -0.25) is 9.69 Å². The molecule has 3 aromatic heterocycles. The predicted molar refractivity (Wildman–Crippen MR) is 110 cm³/mol. The van der Waals surface area contributed by atoms with Crippen molar-refractivity contribution in [2.45, 2.75) is 13.0 Å². The maximum Gasteiger partial charge on any atom is 0.280 e. The summed E-state index contributed by atoms with van der Waals surface area (Å²) in [4.78, 5) is 15.3. The van der Waals surface area contributed by atoms with Crippen LogP contribution in [0.4, 0.5) is 0 Å². The average Bonchev–Trinajstić information content (AvgIpc) is 3.21. The Balaban J connectivity index is 1.43. The smallest absolute Gasteiger partial charge is 0.280 e. The number of benzene rings is 1. The number of hydrogen-bond acceptors (Lipinski definition) is 6. The number of rotatable bonds is 5. The molecule has 0 bridgehead atoms. The maximum absolute atomic E-state index is 12.9. The first-order chi connectivity index (χ1) is 14.3. The molecule has 5 rings (SSSR count). The van der Waals surface area contributed by atoms with E-state index >= 15 is 0 Å². The molecule has 1 aromatic carbocycles. The van der Waals surface area contributed by atoms with Gasteiger partial charge in [0.05, 0.1) is 19.4 Å². The highest BCUT2D eigenvalue weighted by Crippen LogP contribution is 2.23. The summed E-state index contributed by atoms with van der Waals surface area (Å²) in [6.07, 6.45) is 4.50. The van der Waals surface area contributed by atoms with E-state index in [1.807, 2.05) is 42.6 Å². The highest BCUT2D eigenvalue weighted by atomic mass is 16.5. The summed E-state index contributed by atoms with van der Waals surface area (Å²) < 4.78 is 8.79. The van der Waals surface area contributed by atoms with Crippen LogP contribution in [-0.2, 0) is 11.3 Å². The van der Waals surface area contributed by atoms with E-state index in [0.717, 1.165) is 50.4 Å². The van der Waals surface area contributed by atoms with Gasteiger partial charge in [-0.1, -0.05) is 30.3 Å². The summed E-state index contributed by atoms with van der Waals surface area (Å²) in [6.45, 7) is 5.10. The molecule has 0 radical (unpaired) electrons. The average molecular weight is 390 g/mol. The lowest BCUT2D eigenvalue weighted by Gasteiger charge is -2.26. The van der Waals surface area contributed by atoms with Gasteiger partial charge in [0.25, 0.3) is 5.56 Å². The summed E-state index contributed by atoms with van der Waals surface area (Å²) in [7, 11) is 0. The fourth-order valence-corrected chi connectivity index (χ4v) is 3.82. The van der Waals surface area contributed by atoms with E-state index in [4.69, 9.17) is 4.74 Å². The van der Waals surface area contributed by atoms with Gasteiger partial charge >= 0.3 is 0 Å². The second-order valence-corrected chi connectivity index (χ2v) is 7.22. The molecule has 0 N–H and O–H groups in total. The lowest BCUT2D eigenvalue weighted by atomic mass is 10.1. The fourth-order valence-electron chi connectivity index (χ4n) is 3.82. The van der Waals surface area contributed by atoms with Crippen molar-refractivity contribution in [3.8, 4) is 11.1 Å². The third kappa shape index (κ3) is 3.41. The quantitative estimate of drug-likeness (QED) is 0.517. The SMILES string of the molecule is O=c1c2nnc3c(-c4ccccc4)cnn3c2ccn1CCCN1CCOCC1. The van der Waals surface area contributed by atoms with Crippen LogP contribution in [0, 0.1) is 0 Å². The number of hydrogen-bond donors (Lipinski definition) is 0. The highest BCUT2D eigenvalue weighted by molar-refractivity contribution is 5.82. The Hall–Kier alpha value is -3.10. The molecule has 0 atom stereocenters. The van der Waals surface area contributed by atoms with E-state index in [9.17, 15) is 4.79 Å². The molecule has 8 heteroatoms. The second-order valence-electron chi connectivity index (χ2n) is 7.22. The fraction of sp³-hybridized carbons (Fsp3) is 0.333. The molecule has 0 aliphatic carbocycles. The van der Waals surface area contributed by atoms with Gasteiger partial charge in [-0.05, 0) is 18.1 Å². The number of pyridine rings is 1. The first kappa shape index (κ1) is 18.0. The van der Waals surface area contributed by atoms with E-state index in [2.05, 4.69) is 20.2 Å². The van der Waals surface area contributed by atoms with Gasteiger partial charge < -0.3 is 9.30 Å². The number of aromatic nitrogens is 5. The van der Waals surface area contributed by atoms with Crippen molar-refractivity contribution in [2.75, 3.05) is 32.8 Å². The van der Waals surface area contributed by atoms with Crippen LogP contribution in [0.3, 0.4) is 0 Å². The summed E-state index contributed by atoms with van der Waals surface area (Å²) >= 11 is 0. The summed E-state index contributed by atoms with van der Waals surface area (Å²) in [5.74, 6) is 0. The molecule has 1 aliphatic rings. The first-order valence-electron chi connectivity index (χ1n) is 9.90. The molecule has 148 valence electrons. The van der Waals surface area contributed by atoms with Crippen LogP contribution in [-0.4, -0.2) is 62.1 Å². The van der Waals surface area contributed by atoms with Gasteiger partial charge in [0.1, 0.15) is 5.52 Å². The standard InChI is InChI=1S/C21H22N6O2/c28-21-19-18(7-10-26(21)9-4-8-25-11-13-29-14-12-25)27-20(24-23-19)17(15-22-27)16-5-2-1-3-6-16/h1-3,5-7,10,15H,4,8-9,11-14H2. The molecule has 0 saturated carbocycles. The largest absolute Gasteiger partial charge is 0.379 e. The molecular formula is C21H22N6O2. The Kier molecular flexibility index (Phi) is 4.79. The van der Waals surface area contributed by atoms with Gasteiger partial charge in [0, 0.05) is 37.9 Å². The topological polar surface area (TPSA) is 77.6 Å². The summed E-state index contributed by atoms with van der Waals surface area (Å²) in [6, 6.07) is 11.8. The Morgan fingerprint density at radius 2 is 1.83 bits per heavy atom. The lowest BCUT2D eigenvalue weighted by molar-refractivity contribution is 0.0369. The maximum atomic E-state index is 12.9. The molecule has 1 fully saturated rings. The van der Waals surface area contributed by atoms with Crippen molar-refractivity contribution in [1.82, 2.24) is 29.3 Å². The van der Waals surface area contributed by atoms with E-state index in [-0.39, 0.29) is 5.56 Å². The van der Waals surface area contributed by atoms with Crippen molar-refractivity contribution < 1.29 is 4.74 Å². The minimum absolute atomic E-state index is 0.129. The number of aryl methyl sites for hydroxylation is 1. The van der Waals surface area contributed by atoms with E-state index in [1.165, 1.54) is 0 Å². The van der Waals surface area contributed by atoms with E-state index in [1.54, 1.807) is 15.3 Å². The zero-order valence-corrected chi connectivity index (χ0v) is 16.1. The lowest BCUT2D eigenvalue weighted by Crippen LogP contribution is -2.37. The Morgan fingerprint density at radius 3 is 2.66 bits per heavy atom. The predicted octanol–water partition coefficient (Wildman–Crippen LogP) is 1.83. The minimum Gasteiger partial charge on any atom is -0.379 e. The summed E-state index contributed by atoms with van der Waals surface area (Å²) in [5.41, 5.74) is 3.45. The van der Waals surface area contributed by atoms with Gasteiger partial charge in [0.2, 0.25) is 0 Å². The Morgan fingerprint density at radius 1 is 1.00 bits per heavy atom. The normalized spacial score (nSPS) is 15.3. The number of fused-ring (bicyclic) bond motifs is 3. The Bertz CT molecular complexity index is 1190. The molecule has 0 unspecified atom stereocenters. The minimum atomic E-state index is -0.129. The summed E-state index contributed by atoms with van der Waals surface area (Å²) in [5, 5.41) is 13.0. The molecule has 0 amide bonds. The third-order valence-corrected chi connectivity index (χ3v) is 5.40. The van der Waals surface area contributed by atoms with Crippen LogP contribution in [0.1, 0.15) is 6.42 Å². The van der Waals surface area contributed by atoms with E-state index in [0.29, 0.717) is 23.2 Å². The van der Waals surface area contributed by atoms with Gasteiger partial charge in [-0.2, -0.15) is 5.10 Å². The molecule has 29 heavy (non-hydrogen) atoms. The number of ether oxygens (including phenoxy) is 1. The van der Waals surface area contributed by atoms with Crippen molar-refractivity contribution in [3.05, 3.63) is 59.1 Å². The van der Waals surface area contributed by atoms with Crippen molar-refractivity contribution in [1.29, 1.82) is 0 Å². The van der Waals surface area contributed by atoms with Crippen LogP contribution in [0.15, 0.2) is 53.6 Å². The molecule has 4 heterocycles. The molecule has 0 spiro atoms. The van der Waals surface area contributed by atoms with Gasteiger partial charge in [-0.15, -0.1) is 10.2 Å². The molecule has 4 aromatic rings. The van der Waals surface area contributed by atoms with Crippen molar-refractivity contribution >= 4 is 16.7 Å². The zero-order chi connectivity index (χ0) is 19.6. The van der Waals surface area contributed by atoms with Crippen molar-refractivity contribution in [2.24, 2.45) is 0 Å². The monoisotopic (exact) mass is 390 g/mol. The van der Waals surface area contributed by atoms with Crippen LogP contribution in [0.5, 0.6) is 0 Å². The van der Waals surface area contributed by atoms with E-state index < -0.39 is 0 Å². The van der Waals surface area contributed by atoms with Gasteiger partial charge in [0.15, 0.2) is 11.2 Å². The van der Waals surface area contributed by atoms with Crippen LogP contribution < -0.4 is 5.56 Å². The van der Waals surface area contributed by atoms with Crippen LogP contribution >= 0.6 is 0 Å². The molecular weight excluding hydrogens is 368 g/mol. The third-order valence-electron chi connectivity index (χ3n) is 5.40. The molecule has 1 aliphatic heterocycles. The zero-order valence-electron chi connectivity index (χ0n) is 16.1. The molecule has 1 saturated heterocycles. The molecule has 8 nitrogen and oxygen atoms in total. The van der Waals surface area contributed by atoms with Crippen molar-refractivity contribution in [3.63, 3.8) is 0 Å². The first-order valence-corrected chi connectivity index (χ1v) is 9.90. The second kappa shape index (κ2) is 7.73. The van der Waals surface area contributed by atoms with Crippen LogP contribution in [0.25, 0.3) is 27.8 Å². The van der Waals surface area contributed by atoms with Crippen LogP contribution in [0.2, 0.25) is 0 Å². The number of morpholine rings is 1. The van der Waals surface area contributed by atoms with Gasteiger partial charge in [-0.25, -0.2) is 4.52 Å².